The van der Waals surface area contributed by atoms with Gasteiger partial charge in [0.1, 0.15) is 0 Å². The van der Waals surface area contributed by atoms with Crippen LogP contribution in [0.25, 0.3) is 0 Å². The fourth-order valence-electron chi connectivity index (χ4n) is 2.11. The topological polar surface area (TPSA) is 53.3 Å². The van der Waals surface area contributed by atoms with Crippen LogP contribution in [-0.4, -0.2) is 36.1 Å². The monoisotopic (exact) mass is 244 g/mol. The maximum absolute atomic E-state index is 12.4. The van der Waals surface area contributed by atoms with Crippen molar-refractivity contribution in [1.29, 1.82) is 5.26 Å². The Morgan fingerprint density at radius 2 is 2.28 bits per heavy atom. The van der Waals surface area contributed by atoms with Crippen LogP contribution in [0.3, 0.4) is 0 Å². The van der Waals surface area contributed by atoms with Crippen molar-refractivity contribution in [3.63, 3.8) is 0 Å². The molecule has 18 heavy (non-hydrogen) atoms. The van der Waals surface area contributed by atoms with E-state index in [9.17, 15) is 4.79 Å². The van der Waals surface area contributed by atoms with Crippen LogP contribution < -0.4 is 0 Å². The SMILES string of the molecule is CC1OCCN(C(=O)c2cccc(C#N)c2)C1C. The number of nitrogens with zero attached hydrogens (tertiary/aromatic N) is 2. The van der Waals surface area contributed by atoms with Gasteiger partial charge in [-0.15, -0.1) is 0 Å². The molecule has 1 saturated heterocycles. The van der Waals surface area contributed by atoms with E-state index in [0.29, 0.717) is 24.3 Å². The highest BCUT2D eigenvalue weighted by molar-refractivity contribution is 5.94. The summed E-state index contributed by atoms with van der Waals surface area (Å²) in [7, 11) is 0. The average Bonchev–Trinajstić information content (AvgIpc) is 2.41. The van der Waals surface area contributed by atoms with Gasteiger partial charge in [0.2, 0.25) is 0 Å². The molecule has 2 unspecified atom stereocenters. The molecule has 1 heterocycles. The second-order valence-corrected chi connectivity index (χ2v) is 4.51. The van der Waals surface area contributed by atoms with E-state index in [1.807, 2.05) is 24.8 Å². The minimum absolute atomic E-state index is 0.0326. The van der Waals surface area contributed by atoms with Gasteiger partial charge in [0.15, 0.2) is 0 Å². The zero-order chi connectivity index (χ0) is 13.1. The molecule has 1 amide bonds. The maximum Gasteiger partial charge on any atom is 0.254 e. The molecule has 1 aliphatic heterocycles. The predicted molar refractivity (Wildman–Crippen MR) is 67.1 cm³/mol. The molecule has 2 rings (SSSR count). The third-order valence-electron chi connectivity index (χ3n) is 3.38. The predicted octanol–water partition coefficient (Wildman–Crippen LogP) is 1.81. The van der Waals surface area contributed by atoms with Crippen molar-refractivity contribution < 1.29 is 9.53 Å². The Balaban J connectivity index is 2.22. The number of rotatable bonds is 1. The number of hydrogen-bond acceptors (Lipinski definition) is 3. The van der Waals surface area contributed by atoms with Gasteiger partial charge in [-0.25, -0.2) is 0 Å². The van der Waals surface area contributed by atoms with Crippen molar-refractivity contribution in [2.75, 3.05) is 13.2 Å². The first-order valence-corrected chi connectivity index (χ1v) is 6.06. The third-order valence-corrected chi connectivity index (χ3v) is 3.38. The van der Waals surface area contributed by atoms with E-state index in [1.54, 1.807) is 24.3 Å². The number of nitriles is 1. The van der Waals surface area contributed by atoms with Gasteiger partial charge in [0.05, 0.1) is 30.4 Å². The van der Waals surface area contributed by atoms with Crippen molar-refractivity contribution in [3.05, 3.63) is 35.4 Å². The summed E-state index contributed by atoms with van der Waals surface area (Å²) >= 11 is 0. The van der Waals surface area contributed by atoms with Gasteiger partial charge in [0, 0.05) is 12.1 Å². The first kappa shape index (κ1) is 12.6. The lowest BCUT2D eigenvalue weighted by Crippen LogP contribution is -2.51. The highest BCUT2D eigenvalue weighted by atomic mass is 16.5. The van der Waals surface area contributed by atoms with Crippen molar-refractivity contribution in [2.24, 2.45) is 0 Å². The second-order valence-electron chi connectivity index (χ2n) is 4.51. The van der Waals surface area contributed by atoms with Crippen LogP contribution in [0.2, 0.25) is 0 Å². The number of amides is 1. The summed E-state index contributed by atoms with van der Waals surface area (Å²) in [6, 6.07) is 8.92. The van der Waals surface area contributed by atoms with Crippen LogP contribution >= 0.6 is 0 Å². The van der Waals surface area contributed by atoms with Gasteiger partial charge >= 0.3 is 0 Å². The zero-order valence-electron chi connectivity index (χ0n) is 10.6. The summed E-state index contributed by atoms with van der Waals surface area (Å²) in [6.07, 6.45) is 0.0434. The zero-order valence-corrected chi connectivity index (χ0v) is 10.6. The van der Waals surface area contributed by atoms with Gasteiger partial charge in [-0.05, 0) is 32.0 Å². The van der Waals surface area contributed by atoms with E-state index in [2.05, 4.69) is 0 Å². The number of benzene rings is 1. The van der Waals surface area contributed by atoms with Crippen LogP contribution in [0.4, 0.5) is 0 Å². The Morgan fingerprint density at radius 3 is 3.00 bits per heavy atom. The smallest absolute Gasteiger partial charge is 0.254 e. The molecule has 0 bridgehead atoms. The quantitative estimate of drug-likeness (QED) is 0.757. The Labute approximate surface area is 107 Å². The van der Waals surface area contributed by atoms with Crippen molar-refractivity contribution in [1.82, 2.24) is 4.90 Å². The van der Waals surface area contributed by atoms with Crippen LogP contribution in [0.15, 0.2) is 24.3 Å². The summed E-state index contributed by atoms with van der Waals surface area (Å²) in [5, 5.41) is 8.85. The van der Waals surface area contributed by atoms with Crippen molar-refractivity contribution >= 4 is 5.91 Å². The van der Waals surface area contributed by atoms with Crippen LogP contribution in [0.1, 0.15) is 29.8 Å². The Kier molecular flexibility index (Phi) is 3.63. The fourth-order valence-corrected chi connectivity index (χ4v) is 2.11. The van der Waals surface area contributed by atoms with E-state index >= 15 is 0 Å². The Morgan fingerprint density at radius 1 is 1.50 bits per heavy atom. The molecule has 0 saturated carbocycles. The molecule has 1 aromatic carbocycles. The molecular formula is C14H16N2O2. The molecule has 0 radical (unpaired) electrons. The van der Waals surface area contributed by atoms with Gasteiger partial charge in [-0.3, -0.25) is 4.79 Å². The van der Waals surface area contributed by atoms with Gasteiger partial charge in [-0.1, -0.05) is 6.07 Å². The number of hydrogen-bond donors (Lipinski definition) is 0. The number of ether oxygens (including phenoxy) is 1. The van der Waals surface area contributed by atoms with Crippen LogP contribution in [0.5, 0.6) is 0 Å². The third kappa shape index (κ3) is 2.36. The van der Waals surface area contributed by atoms with Crippen LogP contribution in [-0.2, 0) is 4.74 Å². The summed E-state index contributed by atoms with van der Waals surface area (Å²) < 4.78 is 5.51. The summed E-state index contributed by atoms with van der Waals surface area (Å²) in [5.74, 6) is -0.0326. The number of morpholine rings is 1. The molecule has 1 aliphatic rings. The normalized spacial score (nSPS) is 23.5. The molecule has 0 spiro atoms. The summed E-state index contributed by atoms with van der Waals surface area (Å²) in [4.78, 5) is 14.2. The van der Waals surface area contributed by atoms with Gasteiger partial charge in [0.25, 0.3) is 5.91 Å². The number of carbonyl (C=O) groups is 1. The molecular weight excluding hydrogens is 228 g/mol. The highest BCUT2D eigenvalue weighted by Gasteiger charge is 2.29. The van der Waals surface area contributed by atoms with Crippen molar-refractivity contribution in [3.8, 4) is 6.07 Å². The fraction of sp³-hybridized carbons (Fsp3) is 0.429. The van der Waals surface area contributed by atoms with Gasteiger partial charge in [-0.2, -0.15) is 5.26 Å². The molecule has 0 N–H and O–H groups in total. The molecule has 4 heteroatoms. The average molecular weight is 244 g/mol. The summed E-state index contributed by atoms with van der Waals surface area (Å²) in [5.41, 5.74) is 1.07. The Hall–Kier alpha value is -1.86. The molecule has 2 atom stereocenters. The van der Waals surface area contributed by atoms with Crippen molar-refractivity contribution in [2.45, 2.75) is 26.0 Å². The standard InChI is InChI=1S/C14H16N2O2/c1-10-11(2)18-7-6-16(10)14(17)13-5-3-4-12(8-13)9-15/h3-5,8,10-11H,6-7H2,1-2H3. The second kappa shape index (κ2) is 5.19. The van der Waals surface area contributed by atoms with E-state index in [-0.39, 0.29) is 18.1 Å². The van der Waals surface area contributed by atoms with E-state index in [1.165, 1.54) is 0 Å². The lowest BCUT2D eigenvalue weighted by molar-refractivity contribution is -0.0440. The molecule has 0 aromatic heterocycles. The van der Waals surface area contributed by atoms with E-state index in [4.69, 9.17) is 10.00 Å². The highest BCUT2D eigenvalue weighted by Crippen LogP contribution is 2.17. The Bertz CT molecular complexity index is 493. The minimum Gasteiger partial charge on any atom is -0.375 e. The largest absolute Gasteiger partial charge is 0.375 e. The van der Waals surface area contributed by atoms with Crippen LogP contribution in [0, 0.1) is 11.3 Å². The lowest BCUT2D eigenvalue weighted by atomic mass is 10.1. The minimum atomic E-state index is -0.0326. The molecule has 0 aliphatic carbocycles. The summed E-state index contributed by atoms with van der Waals surface area (Å²) in [6.45, 7) is 5.11. The molecule has 1 fully saturated rings. The molecule has 1 aromatic rings. The maximum atomic E-state index is 12.4. The first-order valence-electron chi connectivity index (χ1n) is 6.06. The van der Waals surface area contributed by atoms with E-state index < -0.39 is 0 Å². The lowest BCUT2D eigenvalue weighted by Gasteiger charge is -2.37. The van der Waals surface area contributed by atoms with Gasteiger partial charge < -0.3 is 9.64 Å². The van der Waals surface area contributed by atoms with E-state index in [0.717, 1.165) is 0 Å². The number of carbonyl (C=O) groups excluding carboxylic acids is 1. The first-order chi connectivity index (χ1) is 8.63. The molecule has 94 valence electrons. The molecule has 4 nitrogen and oxygen atoms in total.